The molecule has 0 aliphatic carbocycles. The highest BCUT2D eigenvalue weighted by molar-refractivity contribution is 7.10. The van der Waals surface area contributed by atoms with Gasteiger partial charge in [-0.25, -0.2) is 0 Å². The van der Waals surface area contributed by atoms with Crippen molar-refractivity contribution in [3.63, 3.8) is 0 Å². The number of hydrogen-bond acceptors (Lipinski definition) is 3. The van der Waals surface area contributed by atoms with Crippen LogP contribution in [0.1, 0.15) is 33.8 Å². The molecule has 5 heteroatoms. The van der Waals surface area contributed by atoms with E-state index in [0.717, 1.165) is 10.4 Å². The second kappa shape index (κ2) is 6.58. The zero-order valence-corrected chi connectivity index (χ0v) is 13.1. The van der Waals surface area contributed by atoms with Crippen LogP contribution in [0.2, 0.25) is 0 Å². The predicted octanol–water partition coefficient (Wildman–Crippen LogP) is 3.48. The number of thiophene rings is 1. The third kappa shape index (κ3) is 3.43. The molecule has 4 nitrogen and oxygen atoms in total. The van der Waals surface area contributed by atoms with Crippen LogP contribution in [0, 0.1) is 0 Å². The Balaban J connectivity index is 1.63. The third-order valence-corrected chi connectivity index (χ3v) is 4.49. The maximum absolute atomic E-state index is 12.3. The van der Waals surface area contributed by atoms with Crippen LogP contribution in [0.25, 0.3) is 0 Å². The van der Waals surface area contributed by atoms with Crippen LogP contribution in [-0.4, -0.2) is 15.7 Å². The maximum Gasteiger partial charge on any atom is 0.251 e. The van der Waals surface area contributed by atoms with Gasteiger partial charge in [-0.05, 0) is 42.1 Å². The molecule has 22 heavy (non-hydrogen) atoms. The molecule has 0 bridgehead atoms. The number of hydrogen-bond donors (Lipinski definition) is 1. The van der Waals surface area contributed by atoms with Crippen molar-refractivity contribution in [2.45, 2.75) is 19.5 Å². The molecule has 0 fully saturated rings. The largest absolute Gasteiger partial charge is 0.345 e. The molecule has 1 aromatic carbocycles. The summed E-state index contributed by atoms with van der Waals surface area (Å²) in [5.74, 6) is -0.0495. The molecule has 2 aromatic heterocycles. The average Bonchev–Trinajstić information content (AvgIpc) is 3.21. The summed E-state index contributed by atoms with van der Waals surface area (Å²) < 4.78 is 1.86. The van der Waals surface area contributed by atoms with Crippen molar-refractivity contribution in [1.82, 2.24) is 15.1 Å². The number of carbonyl (C=O) groups is 1. The molecule has 1 amide bonds. The topological polar surface area (TPSA) is 46.9 Å². The van der Waals surface area contributed by atoms with Gasteiger partial charge in [0, 0.05) is 22.8 Å². The highest BCUT2D eigenvalue weighted by Gasteiger charge is 2.12. The molecule has 1 atom stereocenters. The minimum Gasteiger partial charge on any atom is -0.345 e. The SMILES string of the molecule is C[C@@H](NC(=O)c1ccc(Cn2cccn2)cc1)c1cccs1. The summed E-state index contributed by atoms with van der Waals surface area (Å²) >= 11 is 1.65. The Morgan fingerprint density at radius 1 is 1.27 bits per heavy atom. The first-order chi connectivity index (χ1) is 10.7. The molecule has 1 N–H and O–H groups in total. The number of nitrogens with zero attached hydrogens (tertiary/aromatic N) is 2. The molecule has 0 spiro atoms. The molecular weight excluding hydrogens is 294 g/mol. The number of aromatic nitrogens is 2. The van der Waals surface area contributed by atoms with Crippen molar-refractivity contribution < 1.29 is 4.79 Å². The van der Waals surface area contributed by atoms with Crippen molar-refractivity contribution >= 4 is 17.2 Å². The van der Waals surface area contributed by atoms with E-state index in [-0.39, 0.29) is 11.9 Å². The fraction of sp³-hybridized carbons (Fsp3) is 0.176. The summed E-state index contributed by atoms with van der Waals surface area (Å²) in [6.07, 6.45) is 3.68. The minimum atomic E-state index is -0.0495. The van der Waals surface area contributed by atoms with Crippen LogP contribution in [0.15, 0.2) is 60.2 Å². The van der Waals surface area contributed by atoms with Gasteiger partial charge >= 0.3 is 0 Å². The molecule has 3 aromatic rings. The third-order valence-electron chi connectivity index (χ3n) is 3.44. The van der Waals surface area contributed by atoms with Gasteiger partial charge in [0.1, 0.15) is 0 Å². The van der Waals surface area contributed by atoms with Crippen molar-refractivity contribution in [1.29, 1.82) is 0 Å². The Labute approximate surface area is 133 Å². The first-order valence-corrected chi connectivity index (χ1v) is 8.01. The second-order valence-corrected chi connectivity index (χ2v) is 6.09. The lowest BCUT2D eigenvalue weighted by molar-refractivity contribution is 0.0940. The van der Waals surface area contributed by atoms with Crippen molar-refractivity contribution in [2.24, 2.45) is 0 Å². The van der Waals surface area contributed by atoms with E-state index in [0.29, 0.717) is 12.1 Å². The van der Waals surface area contributed by atoms with E-state index >= 15 is 0 Å². The van der Waals surface area contributed by atoms with Gasteiger partial charge < -0.3 is 5.32 Å². The van der Waals surface area contributed by atoms with Gasteiger partial charge in [-0.3, -0.25) is 9.48 Å². The number of carbonyl (C=O) groups excluding carboxylic acids is 1. The van der Waals surface area contributed by atoms with Gasteiger partial charge in [-0.1, -0.05) is 18.2 Å². The summed E-state index contributed by atoms with van der Waals surface area (Å²) in [7, 11) is 0. The average molecular weight is 311 g/mol. The van der Waals surface area contributed by atoms with E-state index in [9.17, 15) is 4.79 Å². The monoisotopic (exact) mass is 311 g/mol. The van der Waals surface area contributed by atoms with E-state index < -0.39 is 0 Å². The van der Waals surface area contributed by atoms with E-state index in [1.165, 1.54) is 0 Å². The number of benzene rings is 1. The van der Waals surface area contributed by atoms with Crippen LogP contribution >= 0.6 is 11.3 Å². The summed E-state index contributed by atoms with van der Waals surface area (Å²) in [6, 6.07) is 13.6. The fourth-order valence-electron chi connectivity index (χ4n) is 2.23. The molecule has 3 rings (SSSR count). The summed E-state index contributed by atoms with van der Waals surface area (Å²) in [4.78, 5) is 13.4. The molecule has 0 radical (unpaired) electrons. The van der Waals surface area contributed by atoms with E-state index in [1.54, 1.807) is 17.5 Å². The van der Waals surface area contributed by atoms with Crippen molar-refractivity contribution in [2.75, 3.05) is 0 Å². The summed E-state index contributed by atoms with van der Waals surface area (Å²) in [6.45, 7) is 2.70. The van der Waals surface area contributed by atoms with Crippen molar-refractivity contribution in [3.8, 4) is 0 Å². The summed E-state index contributed by atoms with van der Waals surface area (Å²) in [5, 5.41) is 9.21. The summed E-state index contributed by atoms with van der Waals surface area (Å²) in [5.41, 5.74) is 1.79. The zero-order chi connectivity index (χ0) is 15.4. The molecule has 0 saturated carbocycles. The van der Waals surface area contributed by atoms with Crippen LogP contribution in [0.5, 0.6) is 0 Å². The maximum atomic E-state index is 12.3. The Morgan fingerprint density at radius 2 is 2.09 bits per heavy atom. The van der Waals surface area contributed by atoms with E-state index in [4.69, 9.17) is 0 Å². The van der Waals surface area contributed by atoms with Crippen molar-refractivity contribution in [3.05, 3.63) is 76.2 Å². The zero-order valence-electron chi connectivity index (χ0n) is 12.3. The molecule has 0 saturated heterocycles. The highest BCUT2D eigenvalue weighted by atomic mass is 32.1. The van der Waals surface area contributed by atoms with Gasteiger partial charge in [0.15, 0.2) is 0 Å². The highest BCUT2D eigenvalue weighted by Crippen LogP contribution is 2.18. The second-order valence-electron chi connectivity index (χ2n) is 5.11. The first-order valence-electron chi connectivity index (χ1n) is 7.13. The lowest BCUT2D eigenvalue weighted by Crippen LogP contribution is -2.26. The number of amides is 1. The standard InChI is InChI=1S/C17H17N3OS/c1-13(16-4-2-11-22-16)19-17(21)15-7-5-14(6-8-15)12-20-10-3-9-18-20/h2-11,13H,12H2,1H3,(H,19,21)/t13-/m1/s1. The molecule has 0 unspecified atom stereocenters. The van der Waals surface area contributed by atoms with E-state index in [2.05, 4.69) is 10.4 Å². The Bertz CT molecular complexity index is 718. The van der Waals surface area contributed by atoms with Gasteiger partial charge in [0.25, 0.3) is 5.91 Å². The van der Waals surface area contributed by atoms with Crippen LogP contribution < -0.4 is 5.32 Å². The van der Waals surface area contributed by atoms with Crippen LogP contribution in [0.3, 0.4) is 0 Å². The van der Waals surface area contributed by atoms with Gasteiger partial charge in [0.2, 0.25) is 0 Å². The molecular formula is C17H17N3OS. The van der Waals surface area contributed by atoms with Crippen LogP contribution in [-0.2, 0) is 6.54 Å². The number of rotatable bonds is 5. The molecule has 2 heterocycles. The predicted molar refractivity (Wildman–Crippen MR) is 88.0 cm³/mol. The first kappa shape index (κ1) is 14.5. The Kier molecular flexibility index (Phi) is 4.34. The Hall–Kier alpha value is -2.40. The molecule has 0 aliphatic rings. The van der Waals surface area contributed by atoms with Gasteiger partial charge in [-0.2, -0.15) is 5.10 Å². The van der Waals surface area contributed by atoms with E-state index in [1.807, 2.05) is 65.6 Å². The lowest BCUT2D eigenvalue weighted by Gasteiger charge is -2.12. The van der Waals surface area contributed by atoms with Gasteiger partial charge in [0.05, 0.1) is 12.6 Å². The van der Waals surface area contributed by atoms with Crippen LogP contribution in [0.4, 0.5) is 0 Å². The fourth-order valence-corrected chi connectivity index (χ4v) is 2.97. The smallest absolute Gasteiger partial charge is 0.251 e. The Morgan fingerprint density at radius 3 is 2.73 bits per heavy atom. The van der Waals surface area contributed by atoms with Gasteiger partial charge in [-0.15, -0.1) is 11.3 Å². The quantitative estimate of drug-likeness (QED) is 0.784. The normalized spacial score (nSPS) is 12.0. The number of nitrogens with one attached hydrogen (secondary N) is 1. The molecule has 112 valence electrons. The molecule has 0 aliphatic heterocycles. The minimum absolute atomic E-state index is 0.0243. The lowest BCUT2D eigenvalue weighted by atomic mass is 10.1.